The Labute approximate surface area is 95.9 Å². The fourth-order valence-electron chi connectivity index (χ4n) is 1.42. The molecule has 0 spiro atoms. The van der Waals surface area contributed by atoms with Gasteiger partial charge in [-0.3, -0.25) is 0 Å². The minimum atomic E-state index is 0.563. The van der Waals surface area contributed by atoms with Gasteiger partial charge in [0.2, 0.25) is 0 Å². The third-order valence-electron chi connectivity index (χ3n) is 2.13. The highest BCUT2D eigenvalue weighted by Crippen LogP contribution is 2.20. The van der Waals surface area contributed by atoms with Gasteiger partial charge in [0.25, 0.3) is 0 Å². The summed E-state index contributed by atoms with van der Waals surface area (Å²) in [6.07, 6.45) is 2.49. The van der Waals surface area contributed by atoms with Crippen LogP contribution in [0.1, 0.15) is 32.4 Å². The van der Waals surface area contributed by atoms with Crippen molar-refractivity contribution in [3.63, 3.8) is 0 Å². The molecule has 0 bridgehead atoms. The number of rotatable bonds is 5. The van der Waals surface area contributed by atoms with Gasteiger partial charge in [-0.05, 0) is 12.8 Å². The summed E-state index contributed by atoms with van der Waals surface area (Å²) in [6.45, 7) is 6.41. The van der Waals surface area contributed by atoms with E-state index in [0.717, 1.165) is 16.6 Å². The standard InChI is InChI=1S/C11H19N3S/c1-4-5-8(2)7-15-11-13-9(3)6-10(12)14-11/h6,8H,4-5,7H2,1-3H3,(H2,12,13,14). The van der Waals surface area contributed by atoms with Gasteiger partial charge in [-0.25, -0.2) is 9.97 Å². The lowest BCUT2D eigenvalue weighted by Gasteiger charge is -2.08. The van der Waals surface area contributed by atoms with Gasteiger partial charge in [0.15, 0.2) is 5.16 Å². The van der Waals surface area contributed by atoms with Gasteiger partial charge < -0.3 is 5.73 Å². The van der Waals surface area contributed by atoms with Crippen LogP contribution in [0.4, 0.5) is 5.82 Å². The van der Waals surface area contributed by atoms with Crippen LogP contribution < -0.4 is 5.73 Å². The second-order valence-corrected chi connectivity index (χ2v) is 4.91. The Balaban J connectivity index is 2.50. The van der Waals surface area contributed by atoms with E-state index in [1.165, 1.54) is 12.8 Å². The van der Waals surface area contributed by atoms with Crippen molar-refractivity contribution in [1.29, 1.82) is 0 Å². The normalized spacial score (nSPS) is 12.7. The summed E-state index contributed by atoms with van der Waals surface area (Å²) in [7, 11) is 0. The van der Waals surface area contributed by atoms with Crippen LogP contribution in [0.5, 0.6) is 0 Å². The number of hydrogen-bond donors (Lipinski definition) is 1. The molecular formula is C11H19N3S. The quantitative estimate of drug-likeness (QED) is 0.618. The van der Waals surface area contributed by atoms with Crippen molar-refractivity contribution in [2.75, 3.05) is 11.5 Å². The Hall–Kier alpha value is -0.770. The molecule has 0 aromatic carbocycles. The lowest BCUT2D eigenvalue weighted by Crippen LogP contribution is -2.01. The van der Waals surface area contributed by atoms with Crippen LogP contribution in [-0.2, 0) is 0 Å². The van der Waals surface area contributed by atoms with Crippen LogP contribution in [0.3, 0.4) is 0 Å². The molecule has 0 aliphatic rings. The maximum Gasteiger partial charge on any atom is 0.189 e. The molecule has 4 heteroatoms. The van der Waals surface area contributed by atoms with E-state index in [9.17, 15) is 0 Å². The van der Waals surface area contributed by atoms with Crippen LogP contribution in [0, 0.1) is 12.8 Å². The second kappa shape index (κ2) is 5.95. The highest BCUT2D eigenvalue weighted by Gasteiger charge is 2.05. The molecule has 15 heavy (non-hydrogen) atoms. The SMILES string of the molecule is CCCC(C)CSc1nc(C)cc(N)n1. The molecule has 1 heterocycles. The largest absolute Gasteiger partial charge is 0.384 e. The molecule has 1 unspecified atom stereocenters. The van der Waals surface area contributed by atoms with Crippen molar-refractivity contribution < 1.29 is 0 Å². The molecule has 0 saturated carbocycles. The number of thioether (sulfide) groups is 1. The van der Waals surface area contributed by atoms with E-state index < -0.39 is 0 Å². The minimum Gasteiger partial charge on any atom is -0.384 e. The zero-order valence-corrected chi connectivity index (χ0v) is 10.5. The summed E-state index contributed by atoms with van der Waals surface area (Å²) in [5.41, 5.74) is 6.60. The smallest absolute Gasteiger partial charge is 0.189 e. The van der Waals surface area contributed by atoms with Crippen LogP contribution >= 0.6 is 11.8 Å². The van der Waals surface area contributed by atoms with Gasteiger partial charge in [0, 0.05) is 17.5 Å². The average Bonchev–Trinajstić information content (AvgIpc) is 2.14. The van der Waals surface area contributed by atoms with E-state index in [2.05, 4.69) is 23.8 Å². The third-order valence-corrected chi connectivity index (χ3v) is 3.31. The molecule has 0 aliphatic heterocycles. The number of hydrogen-bond acceptors (Lipinski definition) is 4. The van der Waals surface area contributed by atoms with Crippen molar-refractivity contribution in [1.82, 2.24) is 9.97 Å². The number of nitrogen functional groups attached to an aromatic ring is 1. The van der Waals surface area contributed by atoms with E-state index in [1.54, 1.807) is 17.8 Å². The van der Waals surface area contributed by atoms with Gasteiger partial charge in [-0.15, -0.1) is 0 Å². The maximum atomic E-state index is 5.66. The van der Waals surface area contributed by atoms with Crippen LogP contribution in [0.15, 0.2) is 11.2 Å². The number of aromatic nitrogens is 2. The van der Waals surface area contributed by atoms with Crippen LogP contribution in [0.25, 0.3) is 0 Å². The van der Waals surface area contributed by atoms with Crippen molar-refractivity contribution >= 4 is 17.6 Å². The Kier molecular flexibility index (Phi) is 4.88. The summed E-state index contributed by atoms with van der Waals surface area (Å²) in [5.74, 6) is 2.34. The second-order valence-electron chi connectivity index (χ2n) is 3.92. The van der Waals surface area contributed by atoms with E-state index in [0.29, 0.717) is 11.7 Å². The zero-order valence-electron chi connectivity index (χ0n) is 9.66. The molecule has 1 rings (SSSR count). The predicted octanol–water partition coefficient (Wildman–Crippen LogP) is 2.90. The molecule has 0 aliphatic carbocycles. The fraction of sp³-hybridized carbons (Fsp3) is 0.636. The molecule has 1 aromatic heterocycles. The Bertz CT molecular complexity index is 294. The fourth-order valence-corrected chi connectivity index (χ4v) is 2.40. The highest BCUT2D eigenvalue weighted by atomic mass is 32.2. The summed E-state index contributed by atoms with van der Waals surface area (Å²) in [6, 6.07) is 1.79. The van der Waals surface area contributed by atoms with E-state index >= 15 is 0 Å². The summed E-state index contributed by atoms with van der Waals surface area (Å²) in [5, 5.41) is 0.801. The summed E-state index contributed by atoms with van der Waals surface area (Å²) < 4.78 is 0. The first-order valence-corrected chi connectivity index (χ1v) is 6.34. The lowest BCUT2D eigenvalue weighted by molar-refractivity contribution is 0.584. The predicted molar refractivity (Wildman–Crippen MR) is 66.0 cm³/mol. The van der Waals surface area contributed by atoms with E-state index in [4.69, 9.17) is 5.73 Å². The highest BCUT2D eigenvalue weighted by molar-refractivity contribution is 7.99. The average molecular weight is 225 g/mol. The molecule has 2 N–H and O–H groups in total. The van der Waals surface area contributed by atoms with Crippen LogP contribution in [0.2, 0.25) is 0 Å². The first kappa shape index (κ1) is 12.3. The molecule has 84 valence electrons. The minimum absolute atomic E-state index is 0.563. The summed E-state index contributed by atoms with van der Waals surface area (Å²) in [4.78, 5) is 8.53. The zero-order chi connectivity index (χ0) is 11.3. The van der Waals surface area contributed by atoms with Gasteiger partial charge in [-0.1, -0.05) is 38.5 Å². The Morgan fingerprint density at radius 3 is 2.80 bits per heavy atom. The molecule has 0 amide bonds. The van der Waals surface area contributed by atoms with Crippen molar-refractivity contribution in [2.24, 2.45) is 5.92 Å². The van der Waals surface area contributed by atoms with Gasteiger partial charge in [0.1, 0.15) is 5.82 Å². The van der Waals surface area contributed by atoms with Gasteiger partial charge >= 0.3 is 0 Å². The lowest BCUT2D eigenvalue weighted by atomic mass is 10.1. The monoisotopic (exact) mass is 225 g/mol. The maximum absolute atomic E-state index is 5.66. The number of nitrogens with zero attached hydrogens (tertiary/aromatic N) is 2. The van der Waals surface area contributed by atoms with Crippen molar-refractivity contribution in [2.45, 2.75) is 38.8 Å². The molecule has 1 atom stereocenters. The summed E-state index contributed by atoms with van der Waals surface area (Å²) >= 11 is 1.69. The topological polar surface area (TPSA) is 51.8 Å². The third kappa shape index (κ3) is 4.51. The van der Waals surface area contributed by atoms with Crippen molar-refractivity contribution in [3.8, 4) is 0 Å². The van der Waals surface area contributed by atoms with E-state index in [-0.39, 0.29) is 0 Å². The number of aryl methyl sites for hydroxylation is 1. The number of nitrogens with two attached hydrogens (primary N) is 1. The number of anilines is 1. The van der Waals surface area contributed by atoms with E-state index in [1.807, 2.05) is 6.92 Å². The molecule has 0 saturated heterocycles. The van der Waals surface area contributed by atoms with Gasteiger partial charge in [0.05, 0.1) is 0 Å². The first-order chi connectivity index (χ1) is 7.11. The molecule has 1 aromatic rings. The van der Waals surface area contributed by atoms with Crippen molar-refractivity contribution in [3.05, 3.63) is 11.8 Å². The molecule has 0 fully saturated rings. The molecule has 3 nitrogen and oxygen atoms in total. The first-order valence-electron chi connectivity index (χ1n) is 5.35. The van der Waals surface area contributed by atoms with Crippen LogP contribution in [-0.4, -0.2) is 15.7 Å². The Morgan fingerprint density at radius 1 is 1.47 bits per heavy atom. The Morgan fingerprint density at radius 2 is 2.20 bits per heavy atom. The molecule has 0 radical (unpaired) electrons. The molecular weight excluding hydrogens is 206 g/mol. The van der Waals surface area contributed by atoms with Gasteiger partial charge in [-0.2, -0.15) is 0 Å².